The molecule has 0 aliphatic carbocycles. The van der Waals surface area contributed by atoms with Crippen LogP contribution < -0.4 is 31.3 Å². The number of aromatic nitrogens is 2. The van der Waals surface area contributed by atoms with Crippen LogP contribution in [0.3, 0.4) is 0 Å². The van der Waals surface area contributed by atoms with Gasteiger partial charge < -0.3 is 25.6 Å². The van der Waals surface area contributed by atoms with Crippen molar-refractivity contribution in [2.45, 2.75) is 50.6 Å². The van der Waals surface area contributed by atoms with Gasteiger partial charge in [-0.1, -0.05) is 0 Å². The number of nitrogens with zero attached hydrogens (tertiary/aromatic N) is 5. The number of fused-ring (bicyclic) bond motifs is 4. The number of likely N-dealkylation sites (tertiary alicyclic amines) is 1. The molecule has 1 unspecified atom stereocenters. The number of carbonyl (C=O) groups excluding carboxylic acids is 4. The first-order valence-corrected chi connectivity index (χ1v) is 18.3. The van der Waals surface area contributed by atoms with Crippen molar-refractivity contribution < 1.29 is 37.4 Å². The number of amides is 4. The van der Waals surface area contributed by atoms with Gasteiger partial charge in [0.05, 0.1) is 17.6 Å². The number of imidazole rings is 1. The molecule has 3 aliphatic heterocycles. The number of imide groups is 1. The lowest BCUT2D eigenvalue weighted by Gasteiger charge is -2.42. The van der Waals surface area contributed by atoms with E-state index in [2.05, 4.69) is 20.4 Å². The zero-order valence-electron chi connectivity index (χ0n) is 28.8. The van der Waals surface area contributed by atoms with Crippen molar-refractivity contribution in [2.24, 2.45) is 12.8 Å². The molecule has 4 aromatic rings. The Hall–Kier alpha value is -5.33. The van der Waals surface area contributed by atoms with Gasteiger partial charge in [0.25, 0.3) is 0 Å². The zero-order valence-corrected chi connectivity index (χ0v) is 29.6. The number of halogens is 1. The molecule has 3 aromatic carbocycles. The molecule has 1 aromatic heterocycles. The summed E-state index contributed by atoms with van der Waals surface area (Å²) in [7, 11) is 1.72. The van der Waals surface area contributed by atoms with Gasteiger partial charge in [-0.15, -0.1) is 0 Å². The van der Waals surface area contributed by atoms with E-state index in [-0.39, 0.29) is 53.7 Å². The minimum Gasteiger partial charge on any atom is -0.755 e. The van der Waals surface area contributed by atoms with Gasteiger partial charge in [-0.05, 0) is 73.9 Å². The Morgan fingerprint density at radius 1 is 1.09 bits per heavy atom. The molecule has 0 radical (unpaired) electrons. The highest BCUT2D eigenvalue weighted by atomic mass is 32.2. The third-order valence-electron chi connectivity index (χ3n) is 10.4. The van der Waals surface area contributed by atoms with Crippen LogP contribution in [0, 0.1) is 5.82 Å². The molecule has 16 nitrogen and oxygen atoms in total. The molecular formula is C35H38FN8O8S-. The van der Waals surface area contributed by atoms with Crippen LogP contribution in [0.15, 0.2) is 41.2 Å². The number of hydrogen-bond donors (Lipinski definition) is 4. The molecule has 0 bridgehead atoms. The van der Waals surface area contributed by atoms with Crippen molar-refractivity contribution in [2.75, 3.05) is 47.2 Å². The molecule has 7 rings (SSSR count). The van der Waals surface area contributed by atoms with Gasteiger partial charge in [-0.3, -0.25) is 47.0 Å². The zero-order chi connectivity index (χ0) is 37.7. The highest BCUT2D eigenvalue weighted by Gasteiger charge is 2.34. The van der Waals surface area contributed by atoms with Crippen molar-refractivity contribution in [3.05, 3.63) is 58.3 Å². The molecule has 53 heavy (non-hydrogen) atoms. The number of phenols is 1. The van der Waals surface area contributed by atoms with Crippen LogP contribution in [0.2, 0.25) is 0 Å². The van der Waals surface area contributed by atoms with Crippen LogP contribution in [-0.4, -0.2) is 90.3 Å². The smallest absolute Gasteiger partial charge is 0.329 e. The van der Waals surface area contributed by atoms with Crippen molar-refractivity contribution in [3.8, 4) is 5.75 Å². The fourth-order valence-electron chi connectivity index (χ4n) is 8.01. The predicted octanol–water partition coefficient (Wildman–Crippen LogP) is 1.26. The highest BCUT2D eigenvalue weighted by molar-refractivity contribution is 7.80. The maximum atomic E-state index is 15.4. The molecule has 18 heteroatoms. The summed E-state index contributed by atoms with van der Waals surface area (Å²) in [5, 5.41) is 15.8. The van der Waals surface area contributed by atoms with E-state index in [0.717, 1.165) is 55.1 Å². The van der Waals surface area contributed by atoms with E-state index < -0.39 is 52.9 Å². The van der Waals surface area contributed by atoms with Crippen molar-refractivity contribution in [1.82, 2.24) is 19.4 Å². The average molecular weight is 750 g/mol. The lowest BCUT2D eigenvalue weighted by atomic mass is 9.94. The maximum absolute atomic E-state index is 15.4. The van der Waals surface area contributed by atoms with E-state index in [1.165, 1.54) is 22.8 Å². The van der Waals surface area contributed by atoms with Crippen LogP contribution in [0.25, 0.3) is 21.8 Å². The lowest BCUT2D eigenvalue weighted by molar-refractivity contribution is -0.135. The van der Waals surface area contributed by atoms with Crippen molar-refractivity contribution in [1.29, 1.82) is 0 Å². The van der Waals surface area contributed by atoms with Gasteiger partial charge in [0.2, 0.25) is 23.6 Å². The molecule has 5 N–H and O–H groups in total. The Bertz CT molecular complexity index is 2270. The highest BCUT2D eigenvalue weighted by Crippen LogP contribution is 2.39. The number of primary amides is 1. The number of phenolic OH excluding ortho intramolecular Hbond substituents is 1. The molecule has 4 heterocycles. The largest absolute Gasteiger partial charge is 0.755 e. The Morgan fingerprint density at radius 2 is 1.85 bits per heavy atom. The van der Waals surface area contributed by atoms with Gasteiger partial charge in [-0.25, -0.2) is 9.18 Å². The van der Waals surface area contributed by atoms with E-state index in [4.69, 9.17) is 5.73 Å². The summed E-state index contributed by atoms with van der Waals surface area (Å²) in [5.41, 5.74) is 8.04. The first-order valence-electron chi connectivity index (χ1n) is 17.3. The number of nitrogens with one attached hydrogen (secondary N) is 2. The average Bonchev–Trinajstić information content (AvgIpc) is 3.36. The molecule has 4 amide bonds. The summed E-state index contributed by atoms with van der Waals surface area (Å²) >= 11 is -3.09. The number of anilines is 3. The molecule has 0 spiro atoms. The quantitative estimate of drug-likeness (QED) is 0.142. The van der Waals surface area contributed by atoms with Crippen LogP contribution in [0.1, 0.15) is 43.7 Å². The number of benzene rings is 3. The predicted molar refractivity (Wildman–Crippen MR) is 193 cm³/mol. The molecule has 2 fully saturated rings. The second-order valence-corrected chi connectivity index (χ2v) is 14.6. The molecule has 2 saturated heterocycles. The van der Waals surface area contributed by atoms with Gasteiger partial charge >= 0.3 is 5.69 Å². The summed E-state index contributed by atoms with van der Waals surface area (Å²) in [4.78, 5) is 66.8. The normalized spacial score (nSPS) is 18.9. The Morgan fingerprint density at radius 3 is 2.55 bits per heavy atom. The fourth-order valence-corrected chi connectivity index (χ4v) is 8.56. The van der Waals surface area contributed by atoms with Gasteiger partial charge in [0, 0.05) is 72.7 Å². The fraction of sp³-hybridized carbons (Fsp3) is 0.400. The SMILES string of the molecule is Cn1c(=O)n([C@@H]2CCC(=O)NC2=O)c2ccc3c(c21)CCCN3C1CCN(CC(=O)Nc2ccc3c(F)c(N(CC(N)=O)S(=O)[O-])c(O)cc3c2)CC1. The van der Waals surface area contributed by atoms with Gasteiger partial charge in [-0.2, -0.15) is 0 Å². The third kappa shape index (κ3) is 6.73. The Balaban J connectivity index is 1.01. The van der Waals surface area contributed by atoms with Crippen LogP contribution >= 0.6 is 0 Å². The molecule has 280 valence electrons. The van der Waals surface area contributed by atoms with Crippen LogP contribution in [0.4, 0.5) is 21.5 Å². The minimum absolute atomic E-state index is 0.0353. The first-order chi connectivity index (χ1) is 25.3. The maximum Gasteiger partial charge on any atom is 0.329 e. The number of aromatic hydroxyl groups is 1. The summed E-state index contributed by atoms with van der Waals surface area (Å²) < 4.78 is 42.1. The Kier molecular flexibility index (Phi) is 9.69. The minimum atomic E-state index is -3.09. The topological polar surface area (TPSA) is 215 Å². The van der Waals surface area contributed by atoms with E-state index in [0.29, 0.717) is 28.6 Å². The van der Waals surface area contributed by atoms with Crippen LogP contribution in [-0.2, 0) is 43.9 Å². The summed E-state index contributed by atoms with van der Waals surface area (Å²) in [6.07, 6.45) is 3.73. The molecule has 3 aliphatic rings. The summed E-state index contributed by atoms with van der Waals surface area (Å²) in [6.45, 7) is 1.44. The van der Waals surface area contributed by atoms with Crippen molar-refractivity contribution in [3.63, 3.8) is 0 Å². The lowest BCUT2D eigenvalue weighted by Crippen LogP contribution is -2.48. The number of nitrogens with two attached hydrogens (primary N) is 1. The first kappa shape index (κ1) is 36.0. The standard InChI is InChI=1S/C35H39FN8O8S/c1-40-32-23-3-2-12-42(24(23)6-7-25(32)44(35(40)50)26-8-9-29(47)39-34(26)49)21-10-13-41(14-11-21)18-30(48)38-20-4-5-22-19(15-20)16-27(45)33(31(22)36)43(53(51)52)17-28(37)46/h4-7,15-16,21,26,45H,2-3,8-14,17-18H2,1H3,(H2,37,46)(H,38,48)(H,51,52)(H,39,47,49)/p-1/t26-/m1/s1. The third-order valence-corrected chi connectivity index (χ3v) is 11.1. The van der Waals surface area contributed by atoms with Gasteiger partial charge in [0.15, 0.2) is 5.82 Å². The number of carbonyl (C=O) groups is 4. The molecular weight excluding hydrogens is 711 g/mol. The van der Waals surface area contributed by atoms with Gasteiger partial charge in [0.1, 0.15) is 24.0 Å². The second-order valence-electron chi connectivity index (χ2n) is 13.7. The second kappa shape index (κ2) is 14.2. The number of aryl methyl sites for hydroxylation is 2. The summed E-state index contributed by atoms with van der Waals surface area (Å²) in [5.74, 6) is -3.92. The van der Waals surface area contributed by atoms with E-state index in [9.17, 15) is 37.8 Å². The molecule has 0 saturated carbocycles. The van der Waals surface area contributed by atoms with Crippen LogP contribution in [0.5, 0.6) is 5.75 Å². The van der Waals surface area contributed by atoms with E-state index in [1.807, 2.05) is 12.1 Å². The number of rotatable bonds is 9. The molecule has 2 atom stereocenters. The Labute approximate surface area is 304 Å². The number of piperidine rings is 2. The van der Waals surface area contributed by atoms with Crippen molar-refractivity contribution >= 4 is 73.8 Å². The monoisotopic (exact) mass is 749 g/mol. The summed E-state index contributed by atoms with van der Waals surface area (Å²) in [6, 6.07) is 8.79. The van der Waals surface area contributed by atoms with E-state index in [1.54, 1.807) is 11.6 Å². The number of hydrogen-bond acceptors (Lipinski definition) is 10. The van der Waals surface area contributed by atoms with E-state index >= 15 is 4.39 Å².